The number of hydrogen-bond acceptors (Lipinski definition) is 7. The number of phosphoric ester groups is 1. The van der Waals surface area contributed by atoms with Crippen molar-refractivity contribution in [3.8, 4) is 0 Å². The minimum Gasteiger partial charge on any atom is -0.462 e. The first-order valence-corrected chi connectivity index (χ1v) is 22.8. The van der Waals surface area contributed by atoms with E-state index in [-0.39, 0.29) is 32.0 Å². The SMILES string of the molecule is CCCC/C=C\CCCCCCCC(=O)OCC(COP(=O)(O)OCC)OC(=O)CCCCCCCCCCC/C=C\C/C=C\CCCCCCC. The van der Waals surface area contributed by atoms with Crippen molar-refractivity contribution in [3.63, 3.8) is 0 Å². The highest BCUT2D eigenvalue weighted by molar-refractivity contribution is 7.47. The van der Waals surface area contributed by atoms with E-state index < -0.39 is 26.5 Å². The fourth-order valence-corrected chi connectivity index (χ4v) is 6.51. The molecule has 2 atom stereocenters. The Kier molecular flexibility index (Phi) is 37.7. The molecule has 0 saturated heterocycles. The van der Waals surface area contributed by atoms with Crippen LogP contribution >= 0.6 is 7.82 Å². The summed E-state index contributed by atoms with van der Waals surface area (Å²) < 4.78 is 32.6. The molecule has 304 valence electrons. The molecular weight excluding hydrogens is 675 g/mol. The fraction of sp³-hybridized carbons (Fsp3) is 0.814. The van der Waals surface area contributed by atoms with E-state index in [0.717, 1.165) is 70.6 Å². The summed E-state index contributed by atoms with van der Waals surface area (Å²) in [5.41, 5.74) is 0. The first-order chi connectivity index (χ1) is 25.3. The van der Waals surface area contributed by atoms with Crippen molar-refractivity contribution in [1.29, 1.82) is 0 Å². The zero-order chi connectivity index (χ0) is 38.2. The summed E-state index contributed by atoms with van der Waals surface area (Å²) in [7, 11) is -4.28. The molecule has 0 heterocycles. The lowest BCUT2D eigenvalue weighted by Gasteiger charge is -2.19. The Morgan fingerprint density at radius 3 is 1.44 bits per heavy atom. The molecule has 0 aliphatic heterocycles. The van der Waals surface area contributed by atoms with E-state index in [1.54, 1.807) is 6.92 Å². The van der Waals surface area contributed by atoms with E-state index in [1.807, 2.05) is 0 Å². The van der Waals surface area contributed by atoms with Crippen LogP contribution in [-0.4, -0.2) is 42.8 Å². The highest BCUT2D eigenvalue weighted by atomic mass is 31.2. The lowest BCUT2D eigenvalue weighted by Crippen LogP contribution is -2.29. The predicted molar refractivity (Wildman–Crippen MR) is 216 cm³/mol. The molecule has 0 bridgehead atoms. The summed E-state index contributed by atoms with van der Waals surface area (Å²) in [6.07, 6.45) is 43.4. The molecule has 0 radical (unpaired) electrons. The van der Waals surface area contributed by atoms with Crippen LogP contribution in [0.1, 0.15) is 201 Å². The van der Waals surface area contributed by atoms with E-state index in [1.165, 1.54) is 89.9 Å². The number of hydrogen-bond donors (Lipinski definition) is 1. The predicted octanol–water partition coefficient (Wildman–Crippen LogP) is 13.2. The number of rotatable bonds is 39. The van der Waals surface area contributed by atoms with Gasteiger partial charge in [0.05, 0.1) is 13.2 Å². The fourth-order valence-electron chi connectivity index (χ4n) is 5.76. The van der Waals surface area contributed by atoms with E-state index in [4.69, 9.17) is 18.5 Å². The Hall–Kier alpha value is -1.73. The maximum atomic E-state index is 12.5. The van der Waals surface area contributed by atoms with Crippen LogP contribution in [0.25, 0.3) is 0 Å². The summed E-state index contributed by atoms with van der Waals surface area (Å²) in [4.78, 5) is 34.7. The Bertz CT molecular complexity index is 947. The maximum absolute atomic E-state index is 12.5. The molecule has 0 aromatic heterocycles. The molecular formula is C43H79O8P. The zero-order valence-electron chi connectivity index (χ0n) is 33.7. The lowest BCUT2D eigenvalue weighted by molar-refractivity contribution is -0.161. The number of unbranched alkanes of at least 4 members (excludes halogenated alkanes) is 21. The third-order valence-electron chi connectivity index (χ3n) is 8.92. The van der Waals surface area contributed by atoms with Gasteiger partial charge in [-0.1, -0.05) is 153 Å². The molecule has 0 aliphatic rings. The summed E-state index contributed by atoms with van der Waals surface area (Å²) in [5, 5.41) is 0. The average Bonchev–Trinajstić information content (AvgIpc) is 3.12. The molecule has 0 aromatic carbocycles. The quantitative estimate of drug-likeness (QED) is 0.0286. The van der Waals surface area contributed by atoms with Gasteiger partial charge in [-0.05, 0) is 71.1 Å². The normalized spacial score (nSPS) is 13.7. The van der Waals surface area contributed by atoms with Gasteiger partial charge in [0.2, 0.25) is 0 Å². The second-order valence-electron chi connectivity index (χ2n) is 14.0. The number of carbonyl (C=O) groups is 2. The molecule has 0 rings (SSSR count). The smallest absolute Gasteiger partial charge is 0.462 e. The third kappa shape index (κ3) is 38.0. The van der Waals surface area contributed by atoms with Crippen molar-refractivity contribution >= 4 is 19.8 Å². The van der Waals surface area contributed by atoms with Crippen molar-refractivity contribution in [3.05, 3.63) is 36.5 Å². The van der Waals surface area contributed by atoms with Gasteiger partial charge >= 0.3 is 19.8 Å². The van der Waals surface area contributed by atoms with Gasteiger partial charge < -0.3 is 14.4 Å². The number of carbonyl (C=O) groups excluding carboxylic acids is 2. The van der Waals surface area contributed by atoms with Crippen LogP contribution in [0.4, 0.5) is 0 Å². The number of esters is 2. The molecule has 2 unspecified atom stereocenters. The topological polar surface area (TPSA) is 108 Å². The van der Waals surface area contributed by atoms with Gasteiger partial charge in [0, 0.05) is 12.8 Å². The van der Waals surface area contributed by atoms with Crippen molar-refractivity contribution in [2.45, 2.75) is 207 Å². The van der Waals surface area contributed by atoms with Crippen LogP contribution in [0.2, 0.25) is 0 Å². The largest absolute Gasteiger partial charge is 0.472 e. The Morgan fingerprint density at radius 2 is 0.942 bits per heavy atom. The van der Waals surface area contributed by atoms with Gasteiger partial charge in [0.25, 0.3) is 0 Å². The third-order valence-corrected chi connectivity index (χ3v) is 9.98. The van der Waals surface area contributed by atoms with Crippen molar-refractivity contribution in [1.82, 2.24) is 0 Å². The van der Waals surface area contributed by atoms with Gasteiger partial charge in [-0.15, -0.1) is 0 Å². The van der Waals surface area contributed by atoms with Crippen molar-refractivity contribution < 1.29 is 37.6 Å². The van der Waals surface area contributed by atoms with Crippen LogP contribution in [0.5, 0.6) is 0 Å². The van der Waals surface area contributed by atoms with Crippen molar-refractivity contribution in [2.75, 3.05) is 19.8 Å². The van der Waals surface area contributed by atoms with E-state index in [2.05, 4.69) is 50.3 Å². The van der Waals surface area contributed by atoms with Gasteiger partial charge in [-0.25, -0.2) is 4.57 Å². The van der Waals surface area contributed by atoms with Crippen LogP contribution in [0.3, 0.4) is 0 Å². The van der Waals surface area contributed by atoms with Crippen LogP contribution < -0.4 is 0 Å². The molecule has 0 fully saturated rings. The first kappa shape index (κ1) is 50.3. The minimum atomic E-state index is -4.28. The second-order valence-corrected chi connectivity index (χ2v) is 15.5. The Morgan fingerprint density at radius 1 is 0.519 bits per heavy atom. The minimum absolute atomic E-state index is 0.00186. The van der Waals surface area contributed by atoms with E-state index in [9.17, 15) is 19.0 Å². The molecule has 0 spiro atoms. The molecule has 52 heavy (non-hydrogen) atoms. The number of phosphoric acid groups is 1. The molecule has 8 nitrogen and oxygen atoms in total. The zero-order valence-corrected chi connectivity index (χ0v) is 34.6. The summed E-state index contributed by atoms with van der Waals surface area (Å²) in [6.45, 7) is 5.41. The molecule has 0 amide bonds. The molecule has 0 aromatic rings. The van der Waals surface area contributed by atoms with Gasteiger partial charge in [-0.2, -0.15) is 0 Å². The van der Waals surface area contributed by atoms with E-state index in [0.29, 0.717) is 6.42 Å². The highest BCUT2D eigenvalue weighted by Crippen LogP contribution is 2.43. The van der Waals surface area contributed by atoms with Crippen LogP contribution in [0.15, 0.2) is 36.5 Å². The Labute approximate surface area is 319 Å². The number of ether oxygens (including phenoxy) is 2. The Balaban J connectivity index is 4.05. The van der Waals surface area contributed by atoms with Crippen molar-refractivity contribution in [2.24, 2.45) is 0 Å². The van der Waals surface area contributed by atoms with Gasteiger partial charge in [0.1, 0.15) is 6.61 Å². The monoisotopic (exact) mass is 755 g/mol. The summed E-state index contributed by atoms with van der Waals surface area (Å²) in [6, 6.07) is 0. The maximum Gasteiger partial charge on any atom is 0.472 e. The summed E-state index contributed by atoms with van der Waals surface area (Å²) in [5.74, 6) is -0.812. The van der Waals surface area contributed by atoms with Gasteiger partial charge in [-0.3, -0.25) is 18.6 Å². The van der Waals surface area contributed by atoms with E-state index >= 15 is 0 Å². The lowest BCUT2D eigenvalue weighted by atomic mass is 10.1. The molecule has 0 saturated carbocycles. The standard InChI is InChI=1S/C43H79O8P/c1-4-7-9-11-13-15-17-18-19-20-21-22-23-24-25-26-28-30-32-34-36-38-43(45)51-41(40-50-52(46,47)49-6-3)39-48-42(44)37-35-33-31-29-27-16-14-12-10-8-5-2/h12,14,17-18,20-21,41H,4-11,13,15-16,19,22-40H2,1-3H3,(H,46,47)/b14-12-,18-17-,21-20-. The van der Waals surface area contributed by atoms with Crippen LogP contribution in [-0.2, 0) is 32.7 Å². The van der Waals surface area contributed by atoms with Gasteiger partial charge in [0.15, 0.2) is 6.10 Å². The summed E-state index contributed by atoms with van der Waals surface area (Å²) >= 11 is 0. The molecule has 9 heteroatoms. The molecule has 1 N–H and O–H groups in total. The van der Waals surface area contributed by atoms with Crippen LogP contribution in [0, 0.1) is 0 Å². The first-order valence-electron chi connectivity index (χ1n) is 21.3. The second kappa shape index (κ2) is 39.0. The highest BCUT2D eigenvalue weighted by Gasteiger charge is 2.25. The number of allylic oxidation sites excluding steroid dienone is 6. The average molecular weight is 755 g/mol. The molecule has 0 aliphatic carbocycles.